The summed E-state index contributed by atoms with van der Waals surface area (Å²) >= 11 is 0. The molecule has 0 aliphatic heterocycles. The van der Waals surface area contributed by atoms with E-state index in [4.69, 9.17) is 0 Å². The summed E-state index contributed by atoms with van der Waals surface area (Å²) in [4.78, 5) is 0. The normalized spacial score (nSPS) is 29.4. The Bertz CT molecular complexity index is 248. The average molecular weight is 205 g/mol. The molecule has 2 unspecified atom stereocenters. The van der Waals surface area contributed by atoms with E-state index in [0.717, 1.165) is 25.7 Å². The minimum atomic E-state index is -2.83. The van der Waals surface area contributed by atoms with Gasteiger partial charge in [-0.1, -0.05) is 13.3 Å². The largest absolute Gasteiger partial charge is 0.316 e. The first kappa shape index (κ1) is 11.0. The van der Waals surface area contributed by atoms with Crippen molar-refractivity contribution in [3.63, 3.8) is 0 Å². The maximum absolute atomic E-state index is 11.8. The van der Waals surface area contributed by atoms with Crippen molar-refractivity contribution in [3.8, 4) is 0 Å². The van der Waals surface area contributed by atoms with Crippen molar-refractivity contribution in [1.29, 1.82) is 0 Å². The van der Waals surface area contributed by atoms with Crippen molar-refractivity contribution in [1.82, 2.24) is 5.32 Å². The van der Waals surface area contributed by atoms with Gasteiger partial charge in [0.05, 0.1) is 11.0 Å². The zero-order chi connectivity index (χ0) is 9.90. The van der Waals surface area contributed by atoms with Crippen LogP contribution in [-0.2, 0) is 9.84 Å². The van der Waals surface area contributed by atoms with Gasteiger partial charge in [-0.15, -0.1) is 0 Å². The molecule has 0 bridgehead atoms. The molecule has 0 spiro atoms. The lowest BCUT2D eigenvalue weighted by atomic mass is 10.2. The van der Waals surface area contributed by atoms with Crippen LogP contribution in [0.15, 0.2) is 0 Å². The van der Waals surface area contributed by atoms with Gasteiger partial charge in [-0.05, 0) is 26.3 Å². The second-order valence-corrected chi connectivity index (χ2v) is 6.07. The molecule has 0 radical (unpaired) electrons. The van der Waals surface area contributed by atoms with Gasteiger partial charge in [0, 0.05) is 6.04 Å². The Kier molecular flexibility index (Phi) is 3.74. The highest BCUT2D eigenvalue weighted by Gasteiger charge is 2.35. The molecule has 4 heteroatoms. The van der Waals surface area contributed by atoms with Crippen LogP contribution >= 0.6 is 0 Å². The molecule has 0 aromatic carbocycles. The molecule has 2 atom stereocenters. The SMILES string of the molecule is CCCS(=O)(=O)C1CCCC1NC. The van der Waals surface area contributed by atoms with Gasteiger partial charge >= 0.3 is 0 Å². The molecule has 0 aromatic heterocycles. The first-order valence-corrected chi connectivity index (χ1v) is 6.72. The summed E-state index contributed by atoms with van der Waals surface area (Å²) in [5.74, 6) is 0.343. The van der Waals surface area contributed by atoms with Crippen LogP contribution in [0.1, 0.15) is 32.6 Å². The summed E-state index contributed by atoms with van der Waals surface area (Å²) in [7, 11) is -0.982. The molecule has 0 saturated heterocycles. The molecule has 1 rings (SSSR count). The van der Waals surface area contributed by atoms with Crippen LogP contribution in [0.2, 0.25) is 0 Å². The van der Waals surface area contributed by atoms with E-state index in [1.165, 1.54) is 0 Å². The fourth-order valence-corrected chi connectivity index (χ4v) is 4.29. The molecule has 13 heavy (non-hydrogen) atoms. The fourth-order valence-electron chi connectivity index (χ4n) is 2.12. The van der Waals surface area contributed by atoms with Crippen LogP contribution in [0.3, 0.4) is 0 Å². The smallest absolute Gasteiger partial charge is 0.154 e. The predicted octanol–water partition coefficient (Wildman–Crippen LogP) is 0.952. The van der Waals surface area contributed by atoms with Crippen LogP contribution in [0.25, 0.3) is 0 Å². The quantitative estimate of drug-likeness (QED) is 0.743. The zero-order valence-electron chi connectivity index (χ0n) is 8.41. The van der Waals surface area contributed by atoms with Gasteiger partial charge in [-0.2, -0.15) is 0 Å². The second kappa shape index (κ2) is 4.42. The van der Waals surface area contributed by atoms with E-state index in [2.05, 4.69) is 5.32 Å². The summed E-state index contributed by atoms with van der Waals surface area (Å²) in [6.07, 6.45) is 3.62. The van der Waals surface area contributed by atoms with Crippen molar-refractivity contribution in [2.45, 2.75) is 43.9 Å². The monoisotopic (exact) mass is 205 g/mol. The van der Waals surface area contributed by atoms with Crippen molar-refractivity contribution in [2.75, 3.05) is 12.8 Å². The highest BCUT2D eigenvalue weighted by molar-refractivity contribution is 7.92. The summed E-state index contributed by atoms with van der Waals surface area (Å²) in [5, 5.41) is 2.97. The third-order valence-corrected chi connectivity index (χ3v) is 5.24. The van der Waals surface area contributed by atoms with Gasteiger partial charge in [0.1, 0.15) is 0 Å². The van der Waals surface area contributed by atoms with Crippen molar-refractivity contribution in [3.05, 3.63) is 0 Å². The van der Waals surface area contributed by atoms with Crippen LogP contribution in [0.4, 0.5) is 0 Å². The molecule has 1 aliphatic rings. The van der Waals surface area contributed by atoms with E-state index in [9.17, 15) is 8.42 Å². The molecular weight excluding hydrogens is 186 g/mol. The highest BCUT2D eigenvalue weighted by atomic mass is 32.2. The molecule has 3 nitrogen and oxygen atoms in total. The third-order valence-electron chi connectivity index (χ3n) is 2.77. The Hall–Kier alpha value is -0.0900. The third kappa shape index (κ3) is 2.44. The van der Waals surface area contributed by atoms with E-state index in [-0.39, 0.29) is 11.3 Å². The molecule has 78 valence electrons. The van der Waals surface area contributed by atoms with E-state index in [1.807, 2.05) is 14.0 Å². The Labute approximate surface area is 80.8 Å². The van der Waals surface area contributed by atoms with Crippen molar-refractivity contribution >= 4 is 9.84 Å². The van der Waals surface area contributed by atoms with Crippen LogP contribution < -0.4 is 5.32 Å². The van der Waals surface area contributed by atoms with E-state index >= 15 is 0 Å². The molecule has 0 amide bonds. The number of hydrogen-bond acceptors (Lipinski definition) is 3. The Balaban J connectivity index is 2.69. The van der Waals surface area contributed by atoms with E-state index in [0.29, 0.717) is 5.75 Å². The summed E-state index contributed by atoms with van der Waals surface area (Å²) in [6, 6.07) is 0.191. The Morgan fingerprint density at radius 3 is 2.62 bits per heavy atom. The fraction of sp³-hybridized carbons (Fsp3) is 1.00. The molecular formula is C9H19NO2S. The molecule has 1 aliphatic carbocycles. The van der Waals surface area contributed by atoms with Crippen LogP contribution in [-0.4, -0.2) is 32.5 Å². The number of sulfone groups is 1. The Morgan fingerprint density at radius 1 is 1.38 bits per heavy atom. The lowest BCUT2D eigenvalue weighted by Gasteiger charge is -2.18. The number of rotatable bonds is 4. The molecule has 1 saturated carbocycles. The standard InChI is InChI=1S/C9H19NO2S/c1-3-7-13(11,12)9-6-4-5-8(9)10-2/h8-10H,3-7H2,1-2H3. The lowest BCUT2D eigenvalue weighted by Crippen LogP contribution is -2.39. The van der Waals surface area contributed by atoms with E-state index < -0.39 is 9.84 Å². The molecule has 0 aromatic rings. The average Bonchev–Trinajstić information content (AvgIpc) is 2.51. The topological polar surface area (TPSA) is 46.2 Å². The van der Waals surface area contributed by atoms with Crippen LogP contribution in [0.5, 0.6) is 0 Å². The van der Waals surface area contributed by atoms with Crippen molar-refractivity contribution < 1.29 is 8.42 Å². The molecule has 1 N–H and O–H groups in total. The minimum Gasteiger partial charge on any atom is -0.316 e. The van der Waals surface area contributed by atoms with Gasteiger partial charge in [0.25, 0.3) is 0 Å². The molecule has 0 heterocycles. The summed E-state index contributed by atoms with van der Waals surface area (Å²) in [5.41, 5.74) is 0. The van der Waals surface area contributed by atoms with Gasteiger partial charge in [-0.3, -0.25) is 0 Å². The van der Waals surface area contributed by atoms with Crippen LogP contribution in [0, 0.1) is 0 Å². The second-order valence-electron chi connectivity index (χ2n) is 3.73. The first-order valence-electron chi connectivity index (χ1n) is 5.00. The first-order chi connectivity index (χ1) is 6.11. The maximum Gasteiger partial charge on any atom is 0.154 e. The van der Waals surface area contributed by atoms with Crippen molar-refractivity contribution in [2.24, 2.45) is 0 Å². The van der Waals surface area contributed by atoms with Gasteiger partial charge in [0.15, 0.2) is 9.84 Å². The van der Waals surface area contributed by atoms with E-state index in [1.54, 1.807) is 0 Å². The van der Waals surface area contributed by atoms with Gasteiger partial charge < -0.3 is 5.32 Å². The highest BCUT2D eigenvalue weighted by Crippen LogP contribution is 2.26. The predicted molar refractivity (Wildman–Crippen MR) is 54.6 cm³/mol. The number of nitrogens with one attached hydrogen (secondary N) is 1. The lowest BCUT2D eigenvalue weighted by molar-refractivity contribution is 0.537. The van der Waals surface area contributed by atoms with Gasteiger partial charge in [-0.25, -0.2) is 8.42 Å². The zero-order valence-corrected chi connectivity index (χ0v) is 9.23. The summed E-state index contributed by atoms with van der Waals surface area (Å²) in [6.45, 7) is 1.92. The number of hydrogen-bond donors (Lipinski definition) is 1. The summed E-state index contributed by atoms with van der Waals surface area (Å²) < 4.78 is 23.5. The molecule has 1 fully saturated rings. The minimum absolute atomic E-state index is 0.127. The van der Waals surface area contributed by atoms with Gasteiger partial charge in [0.2, 0.25) is 0 Å². The maximum atomic E-state index is 11.8. The Morgan fingerprint density at radius 2 is 2.08 bits per heavy atom.